The summed E-state index contributed by atoms with van der Waals surface area (Å²) in [4.78, 5) is 13.4. The van der Waals surface area contributed by atoms with Crippen LogP contribution < -0.4 is 5.32 Å². The fraction of sp³-hybridized carbons (Fsp3) is 0.208. The highest BCUT2D eigenvalue weighted by Crippen LogP contribution is 2.30. The number of aryl methyl sites for hydroxylation is 2. The first kappa shape index (κ1) is 21.2. The number of nitrogens with one attached hydrogen (secondary N) is 1. The number of halogens is 1. The summed E-state index contributed by atoms with van der Waals surface area (Å²) in [5.74, 6) is -0.842. The summed E-state index contributed by atoms with van der Waals surface area (Å²) in [6.45, 7) is 3.68. The third-order valence-electron chi connectivity index (χ3n) is 5.58. The van der Waals surface area contributed by atoms with Crippen LogP contribution in [0, 0.1) is 19.7 Å². The number of anilines is 1. The quantitative estimate of drug-likeness (QED) is 0.664. The zero-order valence-corrected chi connectivity index (χ0v) is 18.1. The Morgan fingerprint density at radius 2 is 1.68 bits per heavy atom. The molecule has 1 aliphatic rings. The number of nitrogens with zero attached hydrogens (tertiary/aromatic N) is 1. The van der Waals surface area contributed by atoms with E-state index in [-0.39, 0.29) is 17.9 Å². The molecule has 0 bridgehead atoms. The molecule has 1 heterocycles. The highest BCUT2D eigenvalue weighted by atomic mass is 32.2. The molecular formula is C24H23FN2O3S. The van der Waals surface area contributed by atoms with Crippen LogP contribution in [0.5, 0.6) is 0 Å². The van der Waals surface area contributed by atoms with Crippen molar-refractivity contribution in [2.24, 2.45) is 0 Å². The van der Waals surface area contributed by atoms with Gasteiger partial charge in [-0.05, 0) is 67.3 Å². The van der Waals surface area contributed by atoms with Crippen molar-refractivity contribution >= 4 is 21.6 Å². The molecule has 1 unspecified atom stereocenters. The molecule has 31 heavy (non-hydrogen) atoms. The van der Waals surface area contributed by atoms with E-state index in [1.54, 1.807) is 31.2 Å². The summed E-state index contributed by atoms with van der Waals surface area (Å²) in [5, 5.41) is 2.79. The Balaban J connectivity index is 1.72. The summed E-state index contributed by atoms with van der Waals surface area (Å²) in [5.41, 5.74) is 3.79. The third kappa shape index (κ3) is 4.24. The number of carbonyl (C=O) groups excluding carboxylic acids is 1. The smallest absolute Gasteiger partial charge is 0.244 e. The summed E-state index contributed by atoms with van der Waals surface area (Å²) in [7, 11) is -3.91. The lowest BCUT2D eigenvalue weighted by Crippen LogP contribution is -2.50. The zero-order valence-electron chi connectivity index (χ0n) is 17.3. The second-order valence-corrected chi connectivity index (χ2v) is 9.69. The van der Waals surface area contributed by atoms with Crippen LogP contribution in [0.25, 0.3) is 0 Å². The minimum absolute atomic E-state index is 0.104. The molecule has 7 heteroatoms. The summed E-state index contributed by atoms with van der Waals surface area (Å²) in [6.07, 6.45) is 0.257. The number of fused-ring (bicyclic) bond motifs is 1. The lowest BCUT2D eigenvalue weighted by Gasteiger charge is -2.35. The van der Waals surface area contributed by atoms with Crippen molar-refractivity contribution < 1.29 is 17.6 Å². The van der Waals surface area contributed by atoms with Gasteiger partial charge in [0.15, 0.2) is 0 Å². The van der Waals surface area contributed by atoms with Crippen LogP contribution in [0.4, 0.5) is 10.1 Å². The molecule has 4 rings (SSSR count). The summed E-state index contributed by atoms with van der Waals surface area (Å²) < 4.78 is 41.7. The molecule has 0 aliphatic carbocycles. The van der Waals surface area contributed by atoms with Gasteiger partial charge in [-0.1, -0.05) is 42.0 Å². The number of hydrogen-bond donors (Lipinski definition) is 1. The van der Waals surface area contributed by atoms with Gasteiger partial charge in [0, 0.05) is 12.2 Å². The van der Waals surface area contributed by atoms with Crippen molar-refractivity contribution in [3.05, 3.63) is 94.8 Å². The highest BCUT2D eigenvalue weighted by molar-refractivity contribution is 7.89. The first-order valence-corrected chi connectivity index (χ1v) is 11.4. The Morgan fingerprint density at radius 1 is 1.00 bits per heavy atom. The molecule has 1 aliphatic heterocycles. The van der Waals surface area contributed by atoms with Gasteiger partial charge in [-0.15, -0.1) is 0 Å². The molecule has 5 nitrogen and oxygen atoms in total. The number of benzene rings is 3. The Labute approximate surface area is 181 Å². The number of sulfonamides is 1. The van der Waals surface area contributed by atoms with E-state index in [2.05, 4.69) is 5.32 Å². The fourth-order valence-electron chi connectivity index (χ4n) is 3.80. The van der Waals surface area contributed by atoms with Crippen molar-refractivity contribution in [2.75, 3.05) is 5.32 Å². The second kappa shape index (κ2) is 8.24. The minimum Gasteiger partial charge on any atom is -0.324 e. The average molecular weight is 439 g/mol. The van der Waals surface area contributed by atoms with E-state index in [1.807, 2.05) is 31.2 Å². The first-order chi connectivity index (χ1) is 14.8. The highest BCUT2D eigenvalue weighted by Gasteiger charge is 2.39. The van der Waals surface area contributed by atoms with Gasteiger partial charge in [0.1, 0.15) is 11.9 Å². The predicted octanol–water partition coefficient (Wildman–Crippen LogP) is 4.20. The van der Waals surface area contributed by atoms with Gasteiger partial charge in [0.2, 0.25) is 15.9 Å². The molecular weight excluding hydrogens is 415 g/mol. The van der Waals surface area contributed by atoms with E-state index in [0.29, 0.717) is 11.3 Å². The topological polar surface area (TPSA) is 66.5 Å². The standard InChI is InChI=1S/C24H23FN2O3S/c1-16-7-10-21(11-8-16)31(29,30)27-15-19-6-4-3-5-18(19)14-23(27)24(28)26-22-12-9-20(25)13-17(22)2/h3-13,23H,14-15H2,1-2H3,(H,26,28). The Bertz CT molecular complexity index is 1240. The summed E-state index contributed by atoms with van der Waals surface area (Å²) in [6, 6.07) is 17.3. The van der Waals surface area contributed by atoms with Crippen LogP contribution in [0.15, 0.2) is 71.6 Å². The Morgan fingerprint density at radius 3 is 2.35 bits per heavy atom. The van der Waals surface area contributed by atoms with E-state index in [1.165, 1.54) is 22.5 Å². The van der Waals surface area contributed by atoms with Gasteiger partial charge in [-0.3, -0.25) is 4.79 Å². The molecule has 0 saturated heterocycles. The van der Waals surface area contributed by atoms with Crippen LogP contribution in [-0.2, 0) is 27.8 Å². The molecule has 0 saturated carbocycles. The minimum atomic E-state index is -3.91. The number of rotatable bonds is 4. The van der Waals surface area contributed by atoms with Gasteiger partial charge in [-0.25, -0.2) is 12.8 Å². The molecule has 0 fully saturated rings. The number of carbonyl (C=O) groups is 1. The molecule has 1 N–H and O–H groups in total. The SMILES string of the molecule is Cc1ccc(S(=O)(=O)N2Cc3ccccc3CC2C(=O)Nc2ccc(F)cc2C)cc1. The van der Waals surface area contributed by atoms with Gasteiger partial charge in [0.25, 0.3) is 0 Å². The molecule has 1 atom stereocenters. The van der Waals surface area contributed by atoms with Crippen molar-refractivity contribution in [1.82, 2.24) is 4.31 Å². The Hall–Kier alpha value is -3.03. The molecule has 1 amide bonds. The lowest BCUT2D eigenvalue weighted by atomic mass is 9.95. The van der Waals surface area contributed by atoms with Crippen molar-refractivity contribution in [3.63, 3.8) is 0 Å². The average Bonchev–Trinajstić information content (AvgIpc) is 2.75. The fourth-order valence-corrected chi connectivity index (χ4v) is 5.37. The summed E-state index contributed by atoms with van der Waals surface area (Å²) >= 11 is 0. The lowest BCUT2D eigenvalue weighted by molar-refractivity contribution is -0.120. The van der Waals surface area contributed by atoms with E-state index < -0.39 is 27.8 Å². The maximum atomic E-state index is 13.5. The van der Waals surface area contributed by atoms with E-state index in [4.69, 9.17) is 0 Å². The zero-order chi connectivity index (χ0) is 22.2. The molecule has 0 radical (unpaired) electrons. The van der Waals surface area contributed by atoms with Gasteiger partial charge in [0.05, 0.1) is 4.90 Å². The van der Waals surface area contributed by atoms with Crippen LogP contribution in [0.1, 0.15) is 22.3 Å². The van der Waals surface area contributed by atoms with Gasteiger partial charge >= 0.3 is 0 Å². The van der Waals surface area contributed by atoms with Crippen LogP contribution in [0.3, 0.4) is 0 Å². The second-order valence-electron chi connectivity index (χ2n) is 7.80. The van der Waals surface area contributed by atoms with Gasteiger partial charge in [-0.2, -0.15) is 4.31 Å². The maximum absolute atomic E-state index is 13.5. The molecule has 0 spiro atoms. The van der Waals surface area contributed by atoms with E-state index in [0.717, 1.165) is 16.7 Å². The molecule has 0 aromatic heterocycles. The van der Waals surface area contributed by atoms with Gasteiger partial charge < -0.3 is 5.32 Å². The largest absolute Gasteiger partial charge is 0.324 e. The first-order valence-electron chi connectivity index (χ1n) is 9.98. The predicted molar refractivity (Wildman–Crippen MR) is 118 cm³/mol. The van der Waals surface area contributed by atoms with Crippen LogP contribution >= 0.6 is 0 Å². The number of hydrogen-bond acceptors (Lipinski definition) is 3. The van der Waals surface area contributed by atoms with E-state index in [9.17, 15) is 17.6 Å². The third-order valence-corrected chi connectivity index (χ3v) is 7.45. The molecule has 3 aromatic carbocycles. The van der Waals surface area contributed by atoms with Crippen LogP contribution in [-0.4, -0.2) is 24.7 Å². The normalized spacial score (nSPS) is 16.5. The monoisotopic (exact) mass is 438 g/mol. The Kier molecular flexibility index (Phi) is 5.64. The molecule has 160 valence electrons. The number of amides is 1. The maximum Gasteiger partial charge on any atom is 0.244 e. The van der Waals surface area contributed by atoms with Crippen LogP contribution in [0.2, 0.25) is 0 Å². The molecule has 3 aromatic rings. The van der Waals surface area contributed by atoms with Crippen molar-refractivity contribution in [2.45, 2.75) is 37.8 Å². The van der Waals surface area contributed by atoms with Crippen molar-refractivity contribution in [1.29, 1.82) is 0 Å². The van der Waals surface area contributed by atoms with Crippen molar-refractivity contribution in [3.8, 4) is 0 Å². The van der Waals surface area contributed by atoms with E-state index >= 15 is 0 Å².